The second-order valence-corrected chi connectivity index (χ2v) is 6.41. The second-order valence-electron chi connectivity index (χ2n) is 5.55. The van der Waals surface area contributed by atoms with Gasteiger partial charge in [-0.2, -0.15) is 0 Å². The highest BCUT2D eigenvalue weighted by Crippen LogP contribution is 2.38. The van der Waals surface area contributed by atoms with Crippen LogP contribution in [0, 0.1) is 5.41 Å². The molecule has 5 heteroatoms. The zero-order valence-corrected chi connectivity index (χ0v) is 12.5. The fraction of sp³-hybridized carbons (Fsp3) is 0.375. The van der Waals surface area contributed by atoms with Gasteiger partial charge in [-0.3, -0.25) is 4.79 Å². The van der Waals surface area contributed by atoms with E-state index in [9.17, 15) is 9.90 Å². The number of carboxylic acids is 1. The number of benzene rings is 1. The van der Waals surface area contributed by atoms with E-state index in [-0.39, 0.29) is 0 Å². The molecule has 1 aliphatic rings. The SMILES string of the molecule is O=C(O)C1(CNc2nc(-c3ccccc3)cs2)CCCC1. The Bertz CT molecular complexity index is 618. The molecular formula is C16H18N2O2S. The molecule has 0 atom stereocenters. The van der Waals surface area contributed by atoms with Crippen molar-refractivity contribution in [2.45, 2.75) is 25.7 Å². The van der Waals surface area contributed by atoms with Gasteiger partial charge < -0.3 is 10.4 Å². The van der Waals surface area contributed by atoms with Crippen LogP contribution in [-0.4, -0.2) is 22.6 Å². The van der Waals surface area contributed by atoms with Crippen LogP contribution in [0.15, 0.2) is 35.7 Å². The molecule has 0 aliphatic heterocycles. The molecule has 4 nitrogen and oxygen atoms in total. The zero-order chi connectivity index (χ0) is 14.7. The summed E-state index contributed by atoms with van der Waals surface area (Å²) in [4.78, 5) is 16.1. The van der Waals surface area contributed by atoms with E-state index >= 15 is 0 Å². The maximum Gasteiger partial charge on any atom is 0.311 e. The average molecular weight is 302 g/mol. The topological polar surface area (TPSA) is 62.2 Å². The van der Waals surface area contributed by atoms with Crippen molar-refractivity contribution in [2.24, 2.45) is 5.41 Å². The van der Waals surface area contributed by atoms with E-state index in [4.69, 9.17) is 0 Å². The summed E-state index contributed by atoms with van der Waals surface area (Å²) in [5.41, 5.74) is 1.40. The van der Waals surface area contributed by atoms with Crippen molar-refractivity contribution in [1.29, 1.82) is 0 Å². The number of aromatic nitrogens is 1. The molecule has 3 rings (SSSR count). The molecule has 0 spiro atoms. The third-order valence-electron chi connectivity index (χ3n) is 4.17. The normalized spacial score (nSPS) is 16.8. The van der Waals surface area contributed by atoms with E-state index in [1.807, 2.05) is 35.7 Å². The summed E-state index contributed by atoms with van der Waals surface area (Å²) in [6, 6.07) is 9.99. The molecule has 0 bridgehead atoms. The molecular weight excluding hydrogens is 284 g/mol. The Balaban J connectivity index is 1.69. The number of hydrogen-bond donors (Lipinski definition) is 2. The van der Waals surface area contributed by atoms with Gasteiger partial charge in [-0.05, 0) is 12.8 Å². The summed E-state index contributed by atoms with van der Waals surface area (Å²) >= 11 is 1.52. The van der Waals surface area contributed by atoms with Gasteiger partial charge in [-0.15, -0.1) is 11.3 Å². The van der Waals surface area contributed by atoms with E-state index in [2.05, 4.69) is 10.3 Å². The molecule has 1 heterocycles. The Kier molecular flexibility index (Phi) is 3.92. The van der Waals surface area contributed by atoms with Crippen LogP contribution >= 0.6 is 11.3 Å². The number of hydrogen-bond acceptors (Lipinski definition) is 4. The Morgan fingerprint density at radius 1 is 1.29 bits per heavy atom. The Morgan fingerprint density at radius 3 is 2.67 bits per heavy atom. The molecule has 0 radical (unpaired) electrons. The van der Waals surface area contributed by atoms with Crippen molar-refractivity contribution < 1.29 is 9.90 Å². The van der Waals surface area contributed by atoms with Crippen LogP contribution in [0.25, 0.3) is 11.3 Å². The van der Waals surface area contributed by atoms with Gasteiger partial charge in [0, 0.05) is 17.5 Å². The van der Waals surface area contributed by atoms with Crippen molar-refractivity contribution in [2.75, 3.05) is 11.9 Å². The smallest absolute Gasteiger partial charge is 0.311 e. The van der Waals surface area contributed by atoms with Crippen molar-refractivity contribution in [3.63, 3.8) is 0 Å². The number of anilines is 1. The van der Waals surface area contributed by atoms with Crippen molar-refractivity contribution in [1.82, 2.24) is 4.98 Å². The van der Waals surface area contributed by atoms with Gasteiger partial charge in [-0.25, -0.2) is 4.98 Å². The first kappa shape index (κ1) is 14.1. The maximum absolute atomic E-state index is 11.5. The predicted octanol–water partition coefficient (Wildman–Crippen LogP) is 3.87. The minimum atomic E-state index is -0.688. The highest BCUT2D eigenvalue weighted by atomic mass is 32.1. The highest BCUT2D eigenvalue weighted by molar-refractivity contribution is 7.14. The molecule has 1 fully saturated rings. The molecule has 2 N–H and O–H groups in total. The van der Waals surface area contributed by atoms with Crippen LogP contribution in [0.2, 0.25) is 0 Å². The van der Waals surface area contributed by atoms with Gasteiger partial charge in [0.05, 0.1) is 11.1 Å². The van der Waals surface area contributed by atoms with E-state index in [1.165, 1.54) is 11.3 Å². The van der Waals surface area contributed by atoms with Crippen molar-refractivity contribution in [3.8, 4) is 11.3 Å². The highest BCUT2D eigenvalue weighted by Gasteiger charge is 2.41. The molecule has 0 unspecified atom stereocenters. The third kappa shape index (κ3) is 2.93. The molecule has 21 heavy (non-hydrogen) atoms. The van der Waals surface area contributed by atoms with Crippen LogP contribution in [0.1, 0.15) is 25.7 Å². The van der Waals surface area contributed by atoms with Gasteiger partial charge >= 0.3 is 5.97 Å². The summed E-state index contributed by atoms with van der Waals surface area (Å²) in [5, 5.41) is 15.5. The van der Waals surface area contributed by atoms with Gasteiger partial charge in [0.25, 0.3) is 0 Å². The quantitative estimate of drug-likeness (QED) is 0.880. The molecule has 0 saturated heterocycles. The fourth-order valence-electron chi connectivity index (χ4n) is 2.86. The second kappa shape index (κ2) is 5.85. The third-order valence-corrected chi connectivity index (χ3v) is 4.97. The summed E-state index contributed by atoms with van der Waals surface area (Å²) in [5.74, 6) is -0.688. The number of thiazole rings is 1. The number of carbonyl (C=O) groups is 1. The molecule has 2 aromatic rings. The Labute approximate surface area is 127 Å². The average Bonchev–Trinajstić information content (AvgIpc) is 3.16. The lowest BCUT2D eigenvalue weighted by molar-refractivity contribution is -0.147. The van der Waals surface area contributed by atoms with Crippen LogP contribution in [-0.2, 0) is 4.79 Å². The number of carboxylic acid groups (broad SMARTS) is 1. The van der Waals surface area contributed by atoms with E-state index in [1.54, 1.807) is 0 Å². The first-order valence-electron chi connectivity index (χ1n) is 7.18. The van der Waals surface area contributed by atoms with Gasteiger partial charge in [0.15, 0.2) is 5.13 Å². The lowest BCUT2D eigenvalue weighted by atomic mass is 9.86. The standard InChI is InChI=1S/C16H18N2O2S/c19-14(20)16(8-4-5-9-16)11-17-15-18-13(10-21-15)12-6-2-1-3-7-12/h1-3,6-7,10H,4-5,8-9,11H2,(H,17,18)(H,19,20). The van der Waals surface area contributed by atoms with E-state index in [0.717, 1.165) is 42.1 Å². The first-order chi connectivity index (χ1) is 10.2. The maximum atomic E-state index is 11.5. The van der Waals surface area contributed by atoms with Crippen LogP contribution in [0.5, 0.6) is 0 Å². The Morgan fingerprint density at radius 2 is 2.00 bits per heavy atom. The summed E-state index contributed by atoms with van der Waals surface area (Å²) in [7, 11) is 0. The number of nitrogens with zero attached hydrogens (tertiary/aromatic N) is 1. The van der Waals surface area contributed by atoms with Crippen molar-refractivity contribution >= 4 is 22.4 Å². The molecule has 1 aromatic heterocycles. The number of aliphatic carboxylic acids is 1. The summed E-state index contributed by atoms with van der Waals surface area (Å²) < 4.78 is 0. The van der Waals surface area contributed by atoms with Gasteiger partial charge in [0.2, 0.25) is 0 Å². The van der Waals surface area contributed by atoms with Gasteiger partial charge in [0.1, 0.15) is 0 Å². The number of rotatable bonds is 5. The Hall–Kier alpha value is -1.88. The number of nitrogens with one attached hydrogen (secondary N) is 1. The van der Waals surface area contributed by atoms with Gasteiger partial charge in [-0.1, -0.05) is 43.2 Å². The van der Waals surface area contributed by atoms with Crippen LogP contribution in [0.4, 0.5) is 5.13 Å². The minimum Gasteiger partial charge on any atom is -0.481 e. The van der Waals surface area contributed by atoms with E-state index in [0.29, 0.717) is 6.54 Å². The van der Waals surface area contributed by atoms with E-state index < -0.39 is 11.4 Å². The summed E-state index contributed by atoms with van der Waals surface area (Å²) in [6.45, 7) is 0.462. The summed E-state index contributed by atoms with van der Waals surface area (Å²) in [6.07, 6.45) is 3.51. The van der Waals surface area contributed by atoms with Crippen LogP contribution in [0.3, 0.4) is 0 Å². The van der Waals surface area contributed by atoms with Crippen molar-refractivity contribution in [3.05, 3.63) is 35.7 Å². The predicted molar refractivity (Wildman–Crippen MR) is 84.6 cm³/mol. The monoisotopic (exact) mass is 302 g/mol. The minimum absolute atomic E-state index is 0.462. The van der Waals surface area contributed by atoms with Crippen LogP contribution < -0.4 is 5.32 Å². The largest absolute Gasteiger partial charge is 0.481 e. The first-order valence-corrected chi connectivity index (χ1v) is 8.06. The zero-order valence-electron chi connectivity index (χ0n) is 11.7. The lowest BCUT2D eigenvalue weighted by Gasteiger charge is -2.23. The molecule has 1 saturated carbocycles. The molecule has 1 aliphatic carbocycles. The lowest BCUT2D eigenvalue weighted by Crippen LogP contribution is -2.35. The molecule has 1 aromatic carbocycles. The molecule has 0 amide bonds. The molecule has 110 valence electrons. The fourth-order valence-corrected chi connectivity index (χ4v) is 3.58.